The normalized spacial score (nSPS) is 12.0. The maximum Gasteiger partial charge on any atom is 0.421 e. The molecule has 0 amide bonds. The van der Waals surface area contributed by atoms with Crippen molar-refractivity contribution in [1.29, 1.82) is 0 Å². The number of hydrogen-bond acceptors (Lipinski definition) is 3. The van der Waals surface area contributed by atoms with Gasteiger partial charge in [-0.25, -0.2) is 0 Å². The Morgan fingerprint density at radius 3 is 2.10 bits per heavy atom. The van der Waals surface area contributed by atoms with Gasteiger partial charge in [-0.15, -0.1) is 0 Å². The van der Waals surface area contributed by atoms with Crippen LogP contribution in [0.2, 0.25) is 6.55 Å². The zero-order chi connectivity index (χ0) is 8.04. The van der Waals surface area contributed by atoms with Gasteiger partial charge in [0.1, 0.15) is 0 Å². The Bertz CT molecular complexity index is 85.8. The van der Waals surface area contributed by atoms with Gasteiger partial charge < -0.3 is 8.85 Å². The predicted octanol–water partition coefficient (Wildman–Crippen LogP) is 0.847. The van der Waals surface area contributed by atoms with E-state index in [9.17, 15) is 0 Å². The van der Waals surface area contributed by atoms with Gasteiger partial charge in [-0.1, -0.05) is 6.92 Å². The van der Waals surface area contributed by atoms with E-state index in [1.165, 1.54) is 0 Å². The van der Waals surface area contributed by atoms with Crippen molar-refractivity contribution >= 4 is 8.72 Å². The second kappa shape index (κ2) is 4.84. The largest absolute Gasteiger partial charge is 0.421 e. The van der Waals surface area contributed by atoms with Crippen LogP contribution in [0.15, 0.2) is 0 Å². The maximum atomic E-state index is 5.19. The summed E-state index contributed by atoms with van der Waals surface area (Å²) in [5.41, 5.74) is 0. The molecule has 0 saturated carbocycles. The molecule has 0 spiro atoms. The molecule has 10 heavy (non-hydrogen) atoms. The molecule has 0 rings (SSSR count). The van der Waals surface area contributed by atoms with Crippen LogP contribution >= 0.6 is 0 Å². The summed E-state index contributed by atoms with van der Waals surface area (Å²) in [6, 6.07) is 0. The van der Waals surface area contributed by atoms with Crippen molar-refractivity contribution in [3.63, 3.8) is 0 Å². The average molecular weight is 163 g/mol. The molecule has 0 saturated heterocycles. The van der Waals surface area contributed by atoms with Crippen LogP contribution in [0.3, 0.4) is 0 Å². The van der Waals surface area contributed by atoms with E-state index in [0.29, 0.717) is 0 Å². The molecular weight excluding hydrogens is 146 g/mol. The van der Waals surface area contributed by atoms with Crippen molar-refractivity contribution in [3.8, 4) is 0 Å². The summed E-state index contributed by atoms with van der Waals surface area (Å²) in [7, 11) is 1.39. The fraction of sp³-hybridized carbons (Fsp3) is 1.00. The minimum atomic E-state index is -1.97. The van der Waals surface area contributed by atoms with Crippen LogP contribution in [0.5, 0.6) is 0 Å². The summed E-state index contributed by atoms with van der Waals surface area (Å²) in [6.45, 7) is 5.07. The van der Waals surface area contributed by atoms with Crippen molar-refractivity contribution in [2.75, 3.05) is 20.8 Å². The Morgan fingerprint density at radius 1 is 1.30 bits per heavy atom. The fourth-order valence-electron chi connectivity index (χ4n) is 0.580. The van der Waals surface area contributed by atoms with Gasteiger partial charge in [0.25, 0.3) is 0 Å². The monoisotopic (exact) mass is 163 g/mol. The highest BCUT2D eigenvalue weighted by Gasteiger charge is 2.27. The molecule has 0 atom stereocenters. The molecule has 0 aromatic rings. The van der Waals surface area contributed by atoms with E-state index in [2.05, 4.69) is 11.9 Å². The molecule has 0 aliphatic carbocycles. The van der Waals surface area contributed by atoms with Gasteiger partial charge in [-0.2, -0.15) is 0 Å². The van der Waals surface area contributed by atoms with Gasteiger partial charge in [0.15, 0.2) is 0 Å². The van der Waals surface area contributed by atoms with E-state index in [0.717, 1.165) is 13.0 Å². The predicted molar refractivity (Wildman–Crippen MR) is 43.9 cm³/mol. The molecule has 0 aromatic carbocycles. The maximum absolute atomic E-state index is 5.19. The lowest BCUT2D eigenvalue weighted by molar-refractivity contribution is 0.236. The summed E-state index contributed by atoms with van der Waals surface area (Å²) in [6.07, 6.45) is 1.11. The van der Waals surface area contributed by atoms with Crippen LogP contribution in [-0.2, 0) is 8.85 Å². The van der Waals surface area contributed by atoms with Gasteiger partial charge in [0, 0.05) is 14.2 Å². The highest BCUT2D eigenvalue weighted by Crippen LogP contribution is 1.97. The van der Waals surface area contributed by atoms with Crippen molar-refractivity contribution in [1.82, 2.24) is 4.98 Å². The molecule has 0 aromatic heterocycles. The Balaban J connectivity index is 3.58. The SMILES string of the molecule is CCCN[Si](C)(OC)OC. The van der Waals surface area contributed by atoms with Crippen LogP contribution < -0.4 is 4.98 Å². The molecule has 4 heteroatoms. The molecule has 0 bridgehead atoms. The molecule has 0 aliphatic heterocycles. The topological polar surface area (TPSA) is 30.5 Å². The van der Waals surface area contributed by atoms with Crippen LogP contribution in [-0.4, -0.2) is 29.5 Å². The van der Waals surface area contributed by atoms with E-state index in [4.69, 9.17) is 8.85 Å². The lowest BCUT2D eigenvalue weighted by Gasteiger charge is -2.22. The summed E-state index contributed by atoms with van der Waals surface area (Å²) in [5.74, 6) is 0. The molecule has 0 heterocycles. The van der Waals surface area contributed by atoms with Gasteiger partial charge in [-0.05, 0) is 19.5 Å². The van der Waals surface area contributed by atoms with Gasteiger partial charge >= 0.3 is 8.72 Å². The van der Waals surface area contributed by atoms with Crippen molar-refractivity contribution in [2.45, 2.75) is 19.9 Å². The molecule has 0 radical (unpaired) electrons. The van der Waals surface area contributed by atoms with Crippen molar-refractivity contribution < 1.29 is 8.85 Å². The standard InChI is InChI=1S/C6H17NO2Si/c1-5-6-7-10(4,8-2)9-3/h7H,5-6H2,1-4H3. The number of nitrogens with one attached hydrogen (secondary N) is 1. The third-order valence-corrected chi connectivity index (χ3v) is 3.93. The number of rotatable bonds is 5. The van der Waals surface area contributed by atoms with E-state index < -0.39 is 8.72 Å². The van der Waals surface area contributed by atoms with E-state index in [-0.39, 0.29) is 0 Å². The van der Waals surface area contributed by atoms with Gasteiger partial charge in [0.05, 0.1) is 0 Å². The van der Waals surface area contributed by atoms with Crippen LogP contribution in [0.25, 0.3) is 0 Å². The van der Waals surface area contributed by atoms with Gasteiger partial charge in [-0.3, -0.25) is 4.98 Å². The smallest absolute Gasteiger partial charge is 0.386 e. The molecule has 1 N–H and O–H groups in total. The zero-order valence-corrected chi connectivity index (χ0v) is 8.23. The first-order chi connectivity index (χ1) is 4.68. The first-order valence-electron chi connectivity index (χ1n) is 3.54. The van der Waals surface area contributed by atoms with Crippen LogP contribution in [0.1, 0.15) is 13.3 Å². The van der Waals surface area contributed by atoms with Crippen LogP contribution in [0.4, 0.5) is 0 Å². The second-order valence-electron chi connectivity index (χ2n) is 2.28. The van der Waals surface area contributed by atoms with E-state index in [1.807, 2.05) is 6.55 Å². The summed E-state index contributed by atoms with van der Waals surface area (Å²) in [5, 5.41) is 0. The van der Waals surface area contributed by atoms with E-state index >= 15 is 0 Å². The van der Waals surface area contributed by atoms with Crippen LogP contribution in [0, 0.1) is 0 Å². The molecule has 62 valence electrons. The number of hydrogen-bond donors (Lipinski definition) is 1. The first kappa shape index (κ1) is 10.1. The molecule has 0 fully saturated rings. The third-order valence-electron chi connectivity index (χ3n) is 1.48. The molecule has 3 nitrogen and oxygen atoms in total. The Labute approximate surface area is 64.0 Å². The molecular formula is C6H17NO2Si. The molecule has 0 aliphatic rings. The quantitative estimate of drug-likeness (QED) is 0.609. The lowest BCUT2D eigenvalue weighted by atomic mass is 10.5. The van der Waals surface area contributed by atoms with E-state index in [1.54, 1.807) is 14.2 Å². The Morgan fingerprint density at radius 2 is 1.80 bits per heavy atom. The van der Waals surface area contributed by atoms with Crippen molar-refractivity contribution in [3.05, 3.63) is 0 Å². The summed E-state index contributed by atoms with van der Waals surface area (Å²) >= 11 is 0. The highest BCUT2D eigenvalue weighted by molar-refractivity contribution is 6.63. The minimum Gasteiger partial charge on any atom is -0.386 e. The van der Waals surface area contributed by atoms with Crippen molar-refractivity contribution in [2.24, 2.45) is 0 Å². The average Bonchev–Trinajstić information content (AvgIpc) is 2.00. The zero-order valence-electron chi connectivity index (χ0n) is 7.23. The first-order valence-corrected chi connectivity index (χ1v) is 5.85. The minimum absolute atomic E-state index is 0.963. The fourth-order valence-corrected chi connectivity index (χ4v) is 1.74. The highest BCUT2D eigenvalue weighted by atomic mass is 28.4. The Hall–Kier alpha value is 0.0969. The lowest BCUT2D eigenvalue weighted by Crippen LogP contribution is -2.52. The Kier molecular flexibility index (Phi) is 4.89. The third kappa shape index (κ3) is 3.31. The summed E-state index contributed by atoms with van der Waals surface area (Å²) < 4.78 is 10.4. The summed E-state index contributed by atoms with van der Waals surface area (Å²) in [4.78, 5) is 3.24. The van der Waals surface area contributed by atoms with Gasteiger partial charge in [0.2, 0.25) is 0 Å². The molecule has 0 unspecified atom stereocenters. The second-order valence-corrected chi connectivity index (χ2v) is 5.34.